The number of amides is 2. The number of primary amides is 1. The van der Waals surface area contributed by atoms with Gasteiger partial charge in [-0.15, -0.1) is 0 Å². The van der Waals surface area contributed by atoms with Crippen molar-refractivity contribution in [1.29, 1.82) is 0 Å². The number of aryl methyl sites for hydroxylation is 1. The molecule has 1 aliphatic rings. The number of hydrogen-bond donors (Lipinski definition) is 1. The fourth-order valence-electron chi connectivity index (χ4n) is 3.76. The van der Waals surface area contributed by atoms with Crippen LogP contribution in [0.3, 0.4) is 0 Å². The molecule has 1 atom stereocenters. The van der Waals surface area contributed by atoms with Gasteiger partial charge in [-0.25, -0.2) is 4.98 Å². The number of carbonyl (C=O) groups is 2. The number of piperidine rings is 1. The van der Waals surface area contributed by atoms with Crippen LogP contribution in [-0.2, 0) is 24.8 Å². The minimum atomic E-state index is -0.398. The fraction of sp³-hybridized carbons (Fsp3) is 0.579. The first kappa shape index (κ1) is 19.1. The van der Waals surface area contributed by atoms with Gasteiger partial charge in [0, 0.05) is 38.4 Å². The zero-order valence-electron chi connectivity index (χ0n) is 16.3. The maximum atomic E-state index is 13.1. The molecule has 2 aromatic heterocycles. The normalized spacial score (nSPS) is 17.5. The van der Waals surface area contributed by atoms with E-state index in [1.807, 2.05) is 18.0 Å². The van der Waals surface area contributed by atoms with Crippen molar-refractivity contribution in [3.63, 3.8) is 0 Å². The van der Waals surface area contributed by atoms with Gasteiger partial charge in [-0.2, -0.15) is 5.10 Å². The highest BCUT2D eigenvalue weighted by atomic mass is 16.2. The molecule has 2 N–H and O–H groups in total. The number of nitrogens with zero attached hydrogens (tertiary/aromatic N) is 5. The SMILES string of the molecule is CC(C)Cc1cc(C(=O)N2CCC[C@H](c3nccn3CC(N)=O)C2)n(C)n1. The van der Waals surface area contributed by atoms with Crippen molar-refractivity contribution in [2.24, 2.45) is 18.7 Å². The molecule has 3 rings (SSSR count). The lowest BCUT2D eigenvalue weighted by Gasteiger charge is -2.32. The van der Waals surface area contributed by atoms with E-state index >= 15 is 0 Å². The Kier molecular flexibility index (Phi) is 5.62. The molecule has 0 aliphatic carbocycles. The largest absolute Gasteiger partial charge is 0.368 e. The number of nitrogens with two attached hydrogens (primary N) is 1. The summed E-state index contributed by atoms with van der Waals surface area (Å²) in [6.07, 6.45) is 6.13. The molecule has 27 heavy (non-hydrogen) atoms. The third-order valence-corrected chi connectivity index (χ3v) is 4.91. The molecular formula is C19H28N6O2. The molecule has 1 saturated heterocycles. The quantitative estimate of drug-likeness (QED) is 0.827. The van der Waals surface area contributed by atoms with Gasteiger partial charge in [-0.05, 0) is 31.2 Å². The first-order chi connectivity index (χ1) is 12.8. The van der Waals surface area contributed by atoms with Crippen LogP contribution in [0.15, 0.2) is 18.5 Å². The third kappa shape index (κ3) is 4.37. The standard InChI is InChI=1S/C19H28N6O2/c1-13(2)9-15-10-16(23(3)22-15)19(27)25-7-4-5-14(11-25)18-21-6-8-24(18)12-17(20)26/h6,8,10,13-14H,4-5,7,9,11-12H2,1-3H3,(H2,20,26)/t14-/m0/s1. The van der Waals surface area contributed by atoms with E-state index in [0.717, 1.165) is 37.3 Å². The average Bonchev–Trinajstić information content (AvgIpc) is 3.19. The molecule has 146 valence electrons. The Morgan fingerprint density at radius 3 is 2.85 bits per heavy atom. The predicted molar refractivity (Wildman–Crippen MR) is 101 cm³/mol. The fourth-order valence-corrected chi connectivity index (χ4v) is 3.76. The summed E-state index contributed by atoms with van der Waals surface area (Å²) in [5, 5.41) is 4.48. The topological polar surface area (TPSA) is 99.0 Å². The second-order valence-corrected chi connectivity index (χ2v) is 7.71. The van der Waals surface area contributed by atoms with E-state index in [0.29, 0.717) is 18.2 Å². The van der Waals surface area contributed by atoms with Crippen LogP contribution in [0.5, 0.6) is 0 Å². The Bertz CT molecular complexity index is 822. The lowest BCUT2D eigenvalue weighted by atomic mass is 9.96. The molecule has 0 bridgehead atoms. The Balaban J connectivity index is 1.75. The van der Waals surface area contributed by atoms with Crippen LogP contribution in [0.25, 0.3) is 0 Å². The van der Waals surface area contributed by atoms with Crippen molar-refractivity contribution < 1.29 is 9.59 Å². The Labute approximate surface area is 159 Å². The van der Waals surface area contributed by atoms with Gasteiger partial charge in [-0.3, -0.25) is 14.3 Å². The van der Waals surface area contributed by atoms with Crippen molar-refractivity contribution in [1.82, 2.24) is 24.2 Å². The van der Waals surface area contributed by atoms with Crippen LogP contribution in [-0.4, -0.2) is 49.1 Å². The molecule has 2 amide bonds. The molecule has 0 spiro atoms. The number of likely N-dealkylation sites (tertiary alicyclic amines) is 1. The van der Waals surface area contributed by atoms with Crippen LogP contribution in [0, 0.1) is 5.92 Å². The van der Waals surface area contributed by atoms with Crippen molar-refractivity contribution in [3.05, 3.63) is 35.7 Å². The summed E-state index contributed by atoms with van der Waals surface area (Å²) in [7, 11) is 1.82. The summed E-state index contributed by atoms with van der Waals surface area (Å²) in [5.74, 6) is 1.01. The molecule has 0 saturated carbocycles. The van der Waals surface area contributed by atoms with E-state index in [4.69, 9.17) is 5.73 Å². The van der Waals surface area contributed by atoms with Crippen molar-refractivity contribution in [2.75, 3.05) is 13.1 Å². The Morgan fingerprint density at radius 2 is 2.15 bits per heavy atom. The van der Waals surface area contributed by atoms with Crippen molar-refractivity contribution in [3.8, 4) is 0 Å². The molecule has 1 fully saturated rings. The van der Waals surface area contributed by atoms with Gasteiger partial charge in [0.1, 0.15) is 18.1 Å². The predicted octanol–water partition coefficient (Wildman–Crippen LogP) is 1.32. The van der Waals surface area contributed by atoms with Crippen LogP contribution < -0.4 is 5.73 Å². The second kappa shape index (κ2) is 7.94. The molecule has 0 radical (unpaired) electrons. The molecule has 3 heterocycles. The van der Waals surface area contributed by atoms with Crippen molar-refractivity contribution in [2.45, 2.75) is 45.6 Å². The second-order valence-electron chi connectivity index (χ2n) is 7.71. The number of imidazole rings is 1. The minimum Gasteiger partial charge on any atom is -0.368 e. The molecule has 8 nitrogen and oxygen atoms in total. The molecular weight excluding hydrogens is 344 g/mol. The zero-order chi connectivity index (χ0) is 19.6. The summed E-state index contributed by atoms with van der Waals surface area (Å²) in [6, 6.07) is 1.90. The first-order valence-corrected chi connectivity index (χ1v) is 9.46. The van der Waals surface area contributed by atoms with E-state index in [-0.39, 0.29) is 18.4 Å². The zero-order valence-corrected chi connectivity index (χ0v) is 16.3. The van der Waals surface area contributed by atoms with E-state index in [1.165, 1.54) is 0 Å². The summed E-state index contributed by atoms with van der Waals surface area (Å²) >= 11 is 0. The molecule has 8 heteroatoms. The van der Waals surface area contributed by atoms with Gasteiger partial charge in [0.2, 0.25) is 5.91 Å². The molecule has 1 aliphatic heterocycles. The lowest BCUT2D eigenvalue weighted by molar-refractivity contribution is -0.118. The minimum absolute atomic E-state index is 0.00212. The maximum absolute atomic E-state index is 13.1. The Morgan fingerprint density at radius 1 is 1.37 bits per heavy atom. The average molecular weight is 372 g/mol. The highest BCUT2D eigenvalue weighted by molar-refractivity contribution is 5.92. The van der Waals surface area contributed by atoms with Crippen LogP contribution >= 0.6 is 0 Å². The van der Waals surface area contributed by atoms with E-state index in [1.54, 1.807) is 21.6 Å². The van der Waals surface area contributed by atoms with Gasteiger partial charge in [0.05, 0.1) is 5.69 Å². The van der Waals surface area contributed by atoms with Gasteiger partial charge in [-0.1, -0.05) is 13.8 Å². The molecule has 2 aromatic rings. The van der Waals surface area contributed by atoms with Gasteiger partial charge < -0.3 is 15.2 Å². The first-order valence-electron chi connectivity index (χ1n) is 9.46. The summed E-state index contributed by atoms with van der Waals surface area (Å²) in [4.78, 5) is 30.6. The maximum Gasteiger partial charge on any atom is 0.272 e. The summed E-state index contributed by atoms with van der Waals surface area (Å²) in [6.45, 7) is 5.69. The van der Waals surface area contributed by atoms with E-state index in [9.17, 15) is 9.59 Å². The number of aromatic nitrogens is 4. The number of rotatable bonds is 6. The lowest BCUT2D eigenvalue weighted by Crippen LogP contribution is -2.40. The highest BCUT2D eigenvalue weighted by Crippen LogP contribution is 2.27. The number of hydrogen-bond acceptors (Lipinski definition) is 4. The van der Waals surface area contributed by atoms with Gasteiger partial charge in [0.25, 0.3) is 5.91 Å². The van der Waals surface area contributed by atoms with Crippen LogP contribution in [0.1, 0.15) is 54.6 Å². The van der Waals surface area contributed by atoms with Gasteiger partial charge >= 0.3 is 0 Å². The van der Waals surface area contributed by atoms with Crippen molar-refractivity contribution >= 4 is 11.8 Å². The summed E-state index contributed by atoms with van der Waals surface area (Å²) < 4.78 is 3.46. The van der Waals surface area contributed by atoms with Gasteiger partial charge in [0.15, 0.2) is 0 Å². The van der Waals surface area contributed by atoms with Crippen LogP contribution in [0.2, 0.25) is 0 Å². The summed E-state index contributed by atoms with van der Waals surface area (Å²) in [5.41, 5.74) is 6.89. The van der Waals surface area contributed by atoms with Crippen LogP contribution in [0.4, 0.5) is 0 Å². The third-order valence-electron chi connectivity index (χ3n) is 4.91. The monoisotopic (exact) mass is 372 g/mol. The van der Waals surface area contributed by atoms with E-state index < -0.39 is 5.91 Å². The Hall–Kier alpha value is -2.64. The van der Waals surface area contributed by atoms with E-state index in [2.05, 4.69) is 23.9 Å². The highest BCUT2D eigenvalue weighted by Gasteiger charge is 2.29. The smallest absolute Gasteiger partial charge is 0.272 e. The number of carbonyl (C=O) groups excluding carboxylic acids is 2. The molecule has 0 unspecified atom stereocenters. The molecule has 0 aromatic carbocycles.